The first kappa shape index (κ1) is 14.4. The molecule has 0 saturated heterocycles. The summed E-state index contributed by atoms with van der Waals surface area (Å²) in [5.41, 5.74) is 7.83. The van der Waals surface area contributed by atoms with Crippen LogP contribution >= 0.6 is 15.9 Å². The lowest BCUT2D eigenvalue weighted by atomic mass is 10.2. The normalized spacial score (nSPS) is 11.2. The van der Waals surface area contributed by atoms with E-state index >= 15 is 0 Å². The van der Waals surface area contributed by atoms with Gasteiger partial charge in [0, 0.05) is 10.2 Å². The van der Waals surface area contributed by atoms with Crippen LogP contribution in [0.1, 0.15) is 5.56 Å². The molecule has 0 fully saturated rings. The lowest BCUT2D eigenvalue weighted by Crippen LogP contribution is -2.22. The predicted molar refractivity (Wildman–Crippen MR) is 86.1 cm³/mol. The number of hydrogen-bond acceptors (Lipinski definition) is 2. The van der Waals surface area contributed by atoms with Gasteiger partial charge in [-0.2, -0.15) is 0 Å². The van der Waals surface area contributed by atoms with Crippen molar-refractivity contribution in [1.82, 2.24) is 0 Å². The van der Waals surface area contributed by atoms with E-state index < -0.39 is 0 Å². The molecule has 4 nitrogen and oxygen atoms in total. The van der Waals surface area contributed by atoms with Gasteiger partial charge in [-0.15, -0.1) is 0 Å². The van der Waals surface area contributed by atoms with E-state index in [1.54, 1.807) is 7.11 Å². The smallest absolute Gasteiger partial charge is 0.193 e. The van der Waals surface area contributed by atoms with Gasteiger partial charge < -0.3 is 15.8 Å². The Balaban J connectivity index is 1.96. The molecule has 0 aromatic heterocycles. The van der Waals surface area contributed by atoms with Crippen LogP contribution in [0.2, 0.25) is 0 Å². The zero-order valence-corrected chi connectivity index (χ0v) is 12.7. The Morgan fingerprint density at radius 1 is 1.25 bits per heavy atom. The molecule has 5 heteroatoms. The number of rotatable bonds is 4. The van der Waals surface area contributed by atoms with E-state index in [0.717, 1.165) is 21.5 Å². The summed E-state index contributed by atoms with van der Waals surface area (Å²) in [6, 6.07) is 15.5. The van der Waals surface area contributed by atoms with Crippen molar-refractivity contribution < 1.29 is 4.74 Å². The number of guanidine groups is 1. The van der Waals surface area contributed by atoms with Crippen molar-refractivity contribution in [3.8, 4) is 5.75 Å². The fourth-order valence-electron chi connectivity index (χ4n) is 1.67. The fraction of sp³-hybridized carbons (Fsp3) is 0.133. The number of ether oxygens (including phenoxy) is 1. The third-order valence-corrected chi connectivity index (χ3v) is 3.18. The standard InChI is InChI=1S/C15H16BrN3O/c1-20-14-7-5-13(6-8-14)19-15(17)18-10-11-3-2-4-12(16)9-11/h2-9H,10H2,1H3,(H3,17,18,19). The lowest BCUT2D eigenvalue weighted by molar-refractivity contribution is 0.415. The Kier molecular flexibility index (Phi) is 5.01. The molecule has 3 N–H and O–H groups in total. The molecule has 0 aliphatic heterocycles. The van der Waals surface area contributed by atoms with Gasteiger partial charge in [-0.3, -0.25) is 0 Å². The van der Waals surface area contributed by atoms with Gasteiger partial charge in [0.15, 0.2) is 5.96 Å². The third kappa shape index (κ3) is 4.28. The van der Waals surface area contributed by atoms with Crippen molar-refractivity contribution in [1.29, 1.82) is 0 Å². The molecule has 2 rings (SSSR count). The van der Waals surface area contributed by atoms with Crippen LogP contribution < -0.4 is 15.8 Å². The van der Waals surface area contributed by atoms with Crippen molar-refractivity contribution in [3.05, 3.63) is 58.6 Å². The quantitative estimate of drug-likeness (QED) is 0.666. The van der Waals surface area contributed by atoms with E-state index in [0.29, 0.717) is 12.5 Å². The summed E-state index contributed by atoms with van der Waals surface area (Å²) in [6.07, 6.45) is 0. The number of hydrogen-bond donors (Lipinski definition) is 2. The number of anilines is 1. The molecule has 0 aliphatic carbocycles. The Morgan fingerprint density at radius 3 is 2.65 bits per heavy atom. The van der Waals surface area contributed by atoms with Gasteiger partial charge in [0.1, 0.15) is 5.75 Å². The van der Waals surface area contributed by atoms with Gasteiger partial charge in [0.25, 0.3) is 0 Å². The largest absolute Gasteiger partial charge is 0.497 e. The second-order valence-electron chi connectivity index (χ2n) is 4.18. The van der Waals surface area contributed by atoms with Crippen LogP contribution in [-0.4, -0.2) is 13.1 Å². The van der Waals surface area contributed by atoms with Crippen LogP contribution in [0.4, 0.5) is 5.69 Å². The maximum Gasteiger partial charge on any atom is 0.193 e. The van der Waals surface area contributed by atoms with Gasteiger partial charge in [0.05, 0.1) is 13.7 Å². The molecule has 0 bridgehead atoms. The SMILES string of the molecule is COc1ccc(NC(N)=NCc2cccc(Br)c2)cc1. The summed E-state index contributed by atoms with van der Waals surface area (Å²) in [5.74, 6) is 1.19. The summed E-state index contributed by atoms with van der Waals surface area (Å²) in [6.45, 7) is 0.536. The van der Waals surface area contributed by atoms with Gasteiger partial charge in [-0.05, 0) is 42.0 Å². The van der Waals surface area contributed by atoms with Crippen molar-refractivity contribution in [2.45, 2.75) is 6.54 Å². The van der Waals surface area contributed by atoms with E-state index in [1.165, 1.54) is 0 Å². The molecule has 20 heavy (non-hydrogen) atoms. The summed E-state index contributed by atoms with van der Waals surface area (Å²) in [5, 5.41) is 3.04. The van der Waals surface area contributed by atoms with Gasteiger partial charge in [0.2, 0.25) is 0 Å². The monoisotopic (exact) mass is 333 g/mol. The van der Waals surface area contributed by atoms with E-state index in [2.05, 4.69) is 26.2 Å². The molecule has 0 unspecified atom stereocenters. The highest BCUT2D eigenvalue weighted by atomic mass is 79.9. The average molecular weight is 334 g/mol. The zero-order valence-electron chi connectivity index (χ0n) is 11.1. The molecule has 104 valence electrons. The number of nitrogens with one attached hydrogen (secondary N) is 1. The Hall–Kier alpha value is -2.01. The number of nitrogens with zero attached hydrogens (tertiary/aromatic N) is 1. The zero-order chi connectivity index (χ0) is 14.4. The maximum atomic E-state index is 5.86. The minimum absolute atomic E-state index is 0.384. The number of nitrogens with two attached hydrogens (primary N) is 1. The summed E-state index contributed by atoms with van der Waals surface area (Å²) in [7, 11) is 1.64. The molecule has 0 heterocycles. The van der Waals surface area contributed by atoms with E-state index in [-0.39, 0.29) is 0 Å². The van der Waals surface area contributed by atoms with Gasteiger partial charge in [-0.25, -0.2) is 4.99 Å². The number of methoxy groups -OCH3 is 1. The molecule has 0 radical (unpaired) electrons. The highest BCUT2D eigenvalue weighted by Crippen LogP contribution is 2.15. The number of halogens is 1. The molecular weight excluding hydrogens is 318 g/mol. The van der Waals surface area contributed by atoms with Crippen molar-refractivity contribution in [2.24, 2.45) is 10.7 Å². The van der Waals surface area contributed by atoms with Crippen molar-refractivity contribution in [3.63, 3.8) is 0 Å². The second kappa shape index (κ2) is 6.96. The van der Waals surface area contributed by atoms with Crippen LogP contribution in [0.25, 0.3) is 0 Å². The molecule has 0 aliphatic rings. The van der Waals surface area contributed by atoms with Gasteiger partial charge in [-0.1, -0.05) is 28.1 Å². The fourth-order valence-corrected chi connectivity index (χ4v) is 2.12. The summed E-state index contributed by atoms with van der Waals surface area (Å²) >= 11 is 3.43. The number of benzene rings is 2. The van der Waals surface area contributed by atoms with Crippen LogP contribution in [0.5, 0.6) is 5.75 Å². The summed E-state index contributed by atoms with van der Waals surface area (Å²) in [4.78, 5) is 4.30. The van der Waals surface area contributed by atoms with Crippen LogP contribution in [0.15, 0.2) is 58.0 Å². The third-order valence-electron chi connectivity index (χ3n) is 2.68. The minimum Gasteiger partial charge on any atom is -0.497 e. The van der Waals surface area contributed by atoms with E-state index in [1.807, 2.05) is 48.5 Å². The maximum absolute atomic E-state index is 5.86. The second-order valence-corrected chi connectivity index (χ2v) is 5.10. The molecule has 2 aromatic carbocycles. The van der Waals surface area contributed by atoms with E-state index in [9.17, 15) is 0 Å². The van der Waals surface area contributed by atoms with Gasteiger partial charge >= 0.3 is 0 Å². The van der Waals surface area contributed by atoms with Crippen LogP contribution in [0.3, 0.4) is 0 Å². The highest BCUT2D eigenvalue weighted by molar-refractivity contribution is 9.10. The Bertz CT molecular complexity index is 596. The molecule has 0 amide bonds. The highest BCUT2D eigenvalue weighted by Gasteiger charge is 1.97. The molecule has 0 atom stereocenters. The predicted octanol–water partition coefficient (Wildman–Crippen LogP) is 3.38. The summed E-state index contributed by atoms with van der Waals surface area (Å²) < 4.78 is 6.13. The Labute approximate surface area is 126 Å². The number of aliphatic imine (C=N–C) groups is 1. The molecule has 0 spiro atoms. The van der Waals surface area contributed by atoms with Crippen molar-refractivity contribution in [2.75, 3.05) is 12.4 Å². The molecule has 2 aromatic rings. The topological polar surface area (TPSA) is 59.6 Å². The Morgan fingerprint density at radius 2 is 2.00 bits per heavy atom. The van der Waals surface area contributed by atoms with Crippen LogP contribution in [-0.2, 0) is 6.54 Å². The van der Waals surface area contributed by atoms with E-state index in [4.69, 9.17) is 10.5 Å². The first-order valence-corrected chi connectivity index (χ1v) is 6.92. The first-order valence-electron chi connectivity index (χ1n) is 6.13. The molecular formula is C15H16BrN3O. The first-order chi connectivity index (χ1) is 9.67. The minimum atomic E-state index is 0.384. The van der Waals surface area contributed by atoms with Crippen molar-refractivity contribution >= 4 is 27.6 Å². The molecule has 0 saturated carbocycles. The lowest BCUT2D eigenvalue weighted by Gasteiger charge is -2.06. The van der Waals surface area contributed by atoms with Crippen LogP contribution in [0, 0.1) is 0 Å². The average Bonchev–Trinajstić information content (AvgIpc) is 2.46.